The summed E-state index contributed by atoms with van der Waals surface area (Å²) in [5.41, 5.74) is 0.498. The molecule has 1 aliphatic carbocycles. The normalized spacial score (nSPS) is 23.9. The number of hydrogen-bond acceptors (Lipinski definition) is 4. The van der Waals surface area contributed by atoms with Gasteiger partial charge in [-0.15, -0.1) is 0 Å². The monoisotopic (exact) mass is 298 g/mol. The second kappa shape index (κ2) is 4.85. The van der Waals surface area contributed by atoms with E-state index in [1.165, 1.54) is 10.5 Å². The Kier molecular flexibility index (Phi) is 3.29. The van der Waals surface area contributed by atoms with Crippen LogP contribution in [0.15, 0.2) is 11.1 Å². The van der Waals surface area contributed by atoms with Crippen LogP contribution < -0.4 is 5.32 Å². The van der Waals surface area contributed by atoms with Crippen molar-refractivity contribution < 1.29 is 13.2 Å². The van der Waals surface area contributed by atoms with Crippen molar-refractivity contribution in [1.29, 1.82) is 0 Å². The first-order chi connectivity index (χ1) is 9.50. The Morgan fingerprint density at radius 1 is 1.45 bits per heavy atom. The van der Waals surface area contributed by atoms with E-state index in [9.17, 15) is 13.2 Å². The van der Waals surface area contributed by atoms with Gasteiger partial charge in [-0.2, -0.15) is 9.40 Å². The molecule has 2 aliphatic rings. The maximum Gasteiger partial charge on any atom is 0.247 e. The van der Waals surface area contributed by atoms with Crippen LogP contribution in [0.2, 0.25) is 0 Å². The van der Waals surface area contributed by atoms with Crippen molar-refractivity contribution in [2.24, 2.45) is 0 Å². The maximum atomic E-state index is 12.6. The molecule has 7 nitrogen and oxygen atoms in total. The zero-order valence-corrected chi connectivity index (χ0v) is 12.1. The lowest BCUT2D eigenvalue weighted by atomic mass is 10.2. The first-order valence-electron chi connectivity index (χ1n) is 6.82. The van der Waals surface area contributed by atoms with Gasteiger partial charge in [-0.1, -0.05) is 0 Å². The van der Waals surface area contributed by atoms with E-state index in [2.05, 4.69) is 15.5 Å². The predicted octanol–water partition coefficient (Wildman–Crippen LogP) is 0.150. The van der Waals surface area contributed by atoms with Crippen molar-refractivity contribution in [2.45, 2.75) is 49.6 Å². The Morgan fingerprint density at radius 3 is 2.80 bits per heavy atom. The van der Waals surface area contributed by atoms with Gasteiger partial charge in [-0.05, 0) is 32.6 Å². The highest BCUT2D eigenvalue weighted by molar-refractivity contribution is 7.89. The van der Waals surface area contributed by atoms with Crippen molar-refractivity contribution in [3.8, 4) is 0 Å². The molecule has 0 bridgehead atoms. The number of rotatable bonds is 4. The smallest absolute Gasteiger partial charge is 0.247 e. The SMILES string of the molecule is Cc1[nH]ncc1S(=O)(=O)N1CCCC1C(=O)NC1CC1. The van der Waals surface area contributed by atoms with Crippen molar-refractivity contribution >= 4 is 15.9 Å². The molecule has 1 amide bonds. The van der Waals surface area contributed by atoms with Gasteiger partial charge in [-0.3, -0.25) is 9.89 Å². The van der Waals surface area contributed by atoms with E-state index in [0.717, 1.165) is 12.8 Å². The first-order valence-corrected chi connectivity index (χ1v) is 8.26. The number of H-pyrrole nitrogens is 1. The second-order valence-corrected chi connectivity index (χ2v) is 7.27. The van der Waals surface area contributed by atoms with Crippen LogP contribution in [-0.4, -0.2) is 47.5 Å². The van der Waals surface area contributed by atoms with Crippen molar-refractivity contribution in [1.82, 2.24) is 19.8 Å². The summed E-state index contributed by atoms with van der Waals surface area (Å²) in [4.78, 5) is 12.3. The highest BCUT2D eigenvalue weighted by Crippen LogP contribution is 2.28. The Hall–Kier alpha value is -1.41. The number of carbonyl (C=O) groups excluding carboxylic acids is 1. The van der Waals surface area contributed by atoms with E-state index in [-0.39, 0.29) is 16.8 Å². The summed E-state index contributed by atoms with van der Waals surface area (Å²) < 4.78 is 26.5. The molecule has 1 aromatic heterocycles. The molecule has 1 saturated carbocycles. The Balaban J connectivity index is 1.84. The summed E-state index contributed by atoms with van der Waals surface area (Å²) in [5.74, 6) is -0.172. The number of nitrogens with zero attached hydrogens (tertiary/aromatic N) is 2. The minimum Gasteiger partial charge on any atom is -0.352 e. The molecule has 1 aromatic rings. The molecule has 20 heavy (non-hydrogen) atoms. The molecule has 1 atom stereocenters. The standard InChI is InChI=1S/C12H18N4O3S/c1-8-11(7-13-15-8)20(18,19)16-6-2-3-10(16)12(17)14-9-4-5-9/h7,9-10H,2-6H2,1H3,(H,13,15)(H,14,17). The van der Waals surface area contributed by atoms with E-state index >= 15 is 0 Å². The fourth-order valence-corrected chi connectivity index (χ4v) is 4.32. The van der Waals surface area contributed by atoms with Crippen molar-refractivity contribution in [3.63, 3.8) is 0 Å². The molecule has 2 fully saturated rings. The molecular formula is C12H18N4O3S. The van der Waals surface area contributed by atoms with E-state index in [0.29, 0.717) is 25.1 Å². The zero-order valence-electron chi connectivity index (χ0n) is 11.3. The number of sulfonamides is 1. The summed E-state index contributed by atoms with van der Waals surface area (Å²) in [6.07, 6.45) is 4.57. The summed E-state index contributed by atoms with van der Waals surface area (Å²) >= 11 is 0. The molecular weight excluding hydrogens is 280 g/mol. The third-order valence-corrected chi connectivity index (χ3v) is 5.82. The molecule has 0 aromatic carbocycles. The number of amides is 1. The fraction of sp³-hybridized carbons (Fsp3) is 0.667. The van der Waals surface area contributed by atoms with Gasteiger partial charge in [0.05, 0.1) is 11.9 Å². The summed E-state index contributed by atoms with van der Waals surface area (Å²) in [7, 11) is -3.66. The average Bonchev–Trinajstić information content (AvgIpc) is 2.92. The molecule has 0 spiro atoms. The van der Waals surface area contributed by atoms with Gasteiger partial charge >= 0.3 is 0 Å². The fourth-order valence-electron chi connectivity index (χ4n) is 2.54. The number of carbonyl (C=O) groups is 1. The number of hydrogen-bond donors (Lipinski definition) is 2. The Morgan fingerprint density at radius 2 is 2.20 bits per heavy atom. The highest BCUT2D eigenvalue weighted by atomic mass is 32.2. The van der Waals surface area contributed by atoms with Crippen LogP contribution in [0.25, 0.3) is 0 Å². The third-order valence-electron chi connectivity index (χ3n) is 3.80. The number of aromatic nitrogens is 2. The van der Waals surface area contributed by atoms with E-state index in [1.54, 1.807) is 6.92 Å². The lowest BCUT2D eigenvalue weighted by Crippen LogP contribution is -2.46. The van der Waals surface area contributed by atoms with Gasteiger partial charge in [0.2, 0.25) is 15.9 Å². The highest BCUT2D eigenvalue weighted by Gasteiger charge is 2.41. The van der Waals surface area contributed by atoms with Crippen LogP contribution in [-0.2, 0) is 14.8 Å². The summed E-state index contributed by atoms with van der Waals surface area (Å²) in [5, 5.41) is 9.27. The molecule has 8 heteroatoms. The second-order valence-electron chi connectivity index (χ2n) is 5.42. The predicted molar refractivity (Wildman–Crippen MR) is 71.4 cm³/mol. The van der Waals surface area contributed by atoms with Crippen molar-refractivity contribution in [2.75, 3.05) is 6.54 Å². The lowest BCUT2D eigenvalue weighted by molar-refractivity contribution is -0.124. The Bertz CT molecular complexity index is 620. The average molecular weight is 298 g/mol. The van der Waals surface area contributed by atoms with Gasteiger partial charge in [0.25, 0.3) is 0 Å². The zero-order chi connectivity index (χ0) is 14.3. The van der Waals surface area contributed by atoms with Crippen LogP contribution in [0.4, 0.5) is 0 Å². The van der Waals surface area contributed by atoms with Crippen LogP contribution in [0.5, 0.6) is 0 Å². The van der Waals surface area contributed by atoms with E-state index in [1.807, 2.05) is 0 Å². The van der Waals surface area contributed by atoms with Crippen LogP contribution in [0, 0.1) is 6.92 Å². The quantitative estimate of drug-likeness (QED) is 0.827. The lowest BCUT2D eigenvalue weighted by Gasteiger charge is -2.23. The molecule has 1 aliphatic heterocycles. The minimum absolute atomic E-state index is 0.156. The van der Waals surface area contributed by atoms with Gasteiger partial charge < -0.3 is 5.32 Å². The molecule has 3 rings (SSSR count). The van der Waals surface area contributed by atoms with Gasteiger partial charge in [0.1, 0.15) is 10.9 Å². The van der Waals surface area contributed by atoms with Crippen LogP contribution >= 0.6 is 0 Å². The summed E-state index contributed by atoms with van der Waals surface area (Å²) in [6.45, 7) is 2.05. The van der Waals surface area contributed by atoms with Crippen LogP contribution in [0.1, 0.15) is 31.4 Å². The number of nitrogens with one attached hydrogen (secondary N) is 2. The van der Waals surface area contributed by atoms with Gasteiger partial charge in [-0.25, -0.2) is 8.42 Å². The van der Waals surface area contributed by atoms with Gasteiger partial charge in [0.15, 0.2) is 0 Å². The summed E-state index contributed by atoms with van der Waals surface area (Å²) in [6, 6.07) is -0.349. The molecule has 1 saturated heterocycles. The number of aryl methyl sites for hydroxylation is 1. The van der Waals surface area contributed by atoms with Crippen molar-refractivity contribution in [3.05, 3.63) is 11.9 Å². The van der Waals surface area contributed by atoms with Crippen LogP contribution in [0.3, 0.4) is 0 Å². The van der Waals surface area contributed by atoms with E-state index < -0.39 is 16.1 Å². The van der Waals surface area contributed by atoms with Gasteiger partial charge in [0, 0.05) is 12.6 Å². The molecule has 2 N–H and O–H groups in total. The first kappa shape index (κ1) is 13.6. The molecule has 2 heterocycles. The maximum absolute atomic E-state index is 12.6. The topological polar surface area (TPSA) is 95.2 Å². The third kappa shape index (κ3) is 2.33. The minimum atomic E-state index is -3.66. The number of aromatic amines is 1. The molecule has 110 valence electrons. The molecule has 1 unspecified atom stereocenters. The Labute approximate surface area is 117 Å². The largest absolute Gasteiger partial charge is 0.352 e. The van der Waals surface area contributed by atoms with E-state index in [4.69, 9.17) is 0 Å². The molecule has 0 radical (unpaired) electrons.